The quantitative estimate of drug-likeness (QED) is 0.127. The van der Waals surface area contributed by atoms with Crippen LogP contribution in [0.5, 0.6) is 0 Å². The Morgan fingerprint density at radius 2 is 0.804 bits per heavy atom. The number of nitriles is 1. The summed E-state index contributed by atoms with van der Waals surface area (Å²) >= 11 is 0. The van der Waals surface area contributed by atoms with E-state index in [2.05, 4.69) is 133 Å². The molecule has 0 saturated carbocycles. The molecule has 1 heterocycles. The van der Waals surface area contributed by atoms with Gasteiger partial charge in [0.2, 0.25) is 0 Å². The lowest BCUT2D eigenvalue weighted by Crippen LogP contribution is -2.00. The predicted molar refractivity (Wildman–Crippen MR) is 230 cm³/mol. The molecule has 0 N–H and O–H groups in total. The summed E-state index contributed by atoms with van der Waals surface area (Å²) < 4.78 is 0. The number of aromatic nitrogens is 3. The van der Waals surface area contributed by atoms with Gasteiger partial charge in [-0.3, -0.25) is 0 Å². The van der Waals surface area contributed by atoms with Crippen molar-refractivity contribution in [1.29, 1.82) is 5.26 Å². The van der Waals surface area contributed by atoms with Crippen molar-refractivity contribution in [3.8, 4) is 73.6 Å². The van der Waals surface area contributed by atoms with Crippen LogP contribution in [0.1, 0.15) is 5.56 Å². The Labute approximate surface area is 324 Å². The van der Waals surface area contributed by atoms with Gasteiger partial charge in [-0.15, -0.1) is 0 Å². The average molecular weight is 713 g/mol. The molecule has 0 unspecified atom stereocenters. The highest BCUT2D eigenvalue weighted by Crippen LogP contribution is 2.40. The monoisotopic (exact) mass is 712 g/mol. The summed E-state index contributed by atoms with van der Waals surface area (Å²) in [6.07, 6.45) is 0. The number of fused-ring (bicyclic) bond motifs is 4. The predicted octanol–water partition coefficient (Wildman–Crippen LogP) is 13.2. The molecule has 0 atom stereocenters. The molecule has 4 nitrogen and oxygen atoms in total. The van der Waals surface area contributed by atoms with E-state index < -0.39 is 0 Å². The summed E-state index contributed by atoms with van der Waals surface area (Å²) in [6.45, 7) is 0. The van der Waals surface area contributed by atoms with Gasteiger partial charge in [0.25, 0.3) is 0 Å². The fourth-order valence-electron chi connectivity index (χ4n) is 7.75. The van der Waals surface area contributed by atoms with Crippen LogP contribution in [0.4, 0.5) is 0 Å². The molecule has 0 bridgehead atoms. The van der Waals surface area contributed by atoms with E-state index in [1.54, 1.807) is 0 Å². The highest BCUT2D eigenvalue weighted by molar-refractivity contribution is 6.20. The minimum absolute atomic E-state index is 0.590. The molecule has 1 aromatic heterocycles. The van der Waals surface area contributed by atoms with Crippen molar-refractivity contribution >= 4 is 32.3 Å². The van der Waals surface area contributed by atoms with E-state index in [9.17, 15) is 5.26 Å². The van der Waals surface area contributed by atoms with Gasteiger partial charge in [0.15, 0.2) is 17.5 Å². The SMILES string of the molecule is N#Cc1ccc(-c2cccc(-c3nc(-c4ccccc4)nc(-c4cccc(-c5cccc(-c6c7ccccc7cc7c6ccc6ccccc67)c5)c4)n3)c2)cc1. The molecule has 9 aromatic carbocycles. The van der Waals surface area contributed by atoms with Gasteiger partial charge >= 0.3 is 0 Å². The molecule has 4 heteroatoms. The lowest BCUT2D eigenvalue weighted by atomic mass is 9.89. The maximum Gasteiger partial charge on any atom is 0.164 e. The number of hydrogen-bond donors (Lipinski definition) is 0. The van der Waals surface area contributed by atoms with Crippen molar-refractivity contribution in [3.63, 3.8) is 0 Å². The zero-order valence-electron chi connectivity index (χ0n) is 30.3. The minimum Gasteiger partial charge on any atom is -0.208 e. The Kier molecular flexibility index (Phi) is 8.17. The zero-order valence-corrected chi connectivity index (χ0v) is 30.3. The molecular formula is C52H32N4. The van der Waals surface area contributed by atoms with Crippen molar-refractivity contribution in [1.82, 2.24) is 15.0 Å². The lowest BCUT2D eigenvalue weighted by molar-refractivity contribution is 1.07. The van der Waals surface area contributed by atoms with Gasteiger partial charge in [-0.1, -0.05) is 158 Å². The van der Waals surface area contributed by atoms with E-state index in [1.807, 2.05) is 66.7 Å². The first-order valence-electron chi connectivity index (χ1n) is 18.7. The second-order valence-corrected chi connectivity index (χ2v) is 14.0. The molecule has 0 saturated heterocycles. The van der Waals surface area contributed by atoms with Crippen LogP contribution in [0.2, 0.25) is 0 Å². The molecule has 0 spiro atoms. The molecule has 10 aromatic rings. The first-order valence-corrected chi connectivity index (χ1v) is 18.7. The number of benzene rings is 9. The molecule has 0 radical (unpaired) electrons. The van der Waals surface area contributed by atoms with Gasteiger partial charge in [-0.2, -0.15) is 5.26 Å². The maximum atomic E-state index is 9.30. The average Bonchev–Trinajstić information content (AvgIpc) is 3.28. The van der Waals surface area contributed by atoms with Gasteiger partial charge in [-0.25, -0.2) is 15.0 Å². The van der Waals surface area contributed by atoms with Gasteiger partial charge in [-0.05, 0) is 102 Å². The van der Waals surface area contributed by atoms with E-state index in [4.69, 9.17) is 15.0 Å². The van der Waals surface area contributed by atoms with Crippen molar-refractivity contribution in [3.05, 3.63) is 200 Å². The number of hydrogen-bond acceptors (Lipinski definition) is 4. The van der Waals surface area contributed by atoms with Gasteiger partial charge < -0.3 is 0 Å². The summed E-state index contributed by atoms with van der Waals surface area (Å²) in [5.74, 6) is 1.80. The standard InChI is InChI=1S/C52H32N4/c53-33-34-23-25-35(26-24-34)38-15-9-19-43(30-38)51-54-50(37-12-2-1-3-13-37)55-52(56-51)44-20-10-17-40(31-44)39-16-8-18-42(29-39)49-46-22-7-5-14-41(46)32-48-45-21-6-4-11-36(45)27-28-47(48)49/h1-32H. The van der Waals surface area contributed by atoms with Crippen LogP contribution in [0, 0.1) is 11.3 Å². The van der Waals surface area contributed by atoms with Crippen LogP contribution >= 0.6 is 0 Å². The highest BCUT2D eigenvalue weighted by atomic mass is 15.0. The second kappa shape index (κ2) is 13.9. The number of nitrogens with zero attached hydrogens (tertiary/aromatic N) is 4. The van der Waals surface area contributed by atoms with Crippen molar-refractivity contribution in [2.75, 3.05) is 0 Å². The van der Waals surface area contributed by atoms with Crippen LogP contribution < -0.4 is 0 Å². The molecule has 0 aliphatic carbocycles. The molecule has 0 fully saturated rings. The molecule has 260 valence electrons. The highest BCUT2D eigenvalue weighted by Gasteiger charge is 2.16. The van der Waals surface area contributed by atoms with E-state index in [0.29, 0.717) is 23.0 Å². The summed E-state index contributed by atoms with van der Waals surface area (Å²) in [6, 6.07) is 69.6. The van der Waals surface area contributed by atoms with Crippen LogP contribution in [-0.4, -0.2) is 15.0 Å². The first kappa shape index (κ1) is 32.9. The van der Waals surface area contributed by atoms with Crippen LogP contribution in [0.3, 0.4) is 0 Å². The van der Waals surface area contributed by atoms with Crippen LogP contribution in [-0.2, 0) is 0 Å². The number of rotatable bonds is 6. The van der Waals surface area contributed by atoms with E-state index in [-0.39, 0.29) is 0 Å². The third-order valence-electron chi connectivity index (χ3n) is 10.5. The largest absolute Gasteiger partial charge is 0.208 e. The second-order valence-electron chi connectivity index (χ2n) is 14.0. The van der Waals surface area contributed by atoms with E-state index in [1.165, 1.54) is 43.4 Å². The third kappa shape index (κ3) is 6.04. The molecule has 0 aliphatic rings. The Hall–Kier alpha value is -7.74. The van der Waals surface area contributed by atoms with Gasteiger partial charge in [0.1, 0.15) is 0 Å². The van der Waals surface area contributed by atoms with Crippen molar-refractivity contribution in [2.45, 2.75) is 0 Å². The summed E-state index contributed by atoms with van der Waals surface area (Å²) in [7, 11) is 0. The first-order chi connectivity index (χ1) is 27.7. The topological polar surface area (TPSA) is 62.5 Å². The van der Waals surface area contributed by atoms with Gasteiger partial charge in [0, 0.05) is 16.7 Å². The van der Waals surface area contributed by atoms with E-state index in [0.717, 1.165) is 38.9 Å². The Bertz CT molecular complexity index is 3140. The fraction of sp³-hybridized carbons (Fsp3) is 0. The maximum absolute atomic E-state index is 9.30. The molecule has 0 amide bonds. The Balaban J connectivity index is 1.09. The summed E-state index contributed by atoms with van der Waals surface area (Å²) in [5, 5.41) is 16.7. The summed E-state index contributed by atoms with van der Waals surface area (Å²) in [4.78, 5) is 15.1. The molecule has 10 rings (SSSR count). The third-order valence-corrected chi connectivity index (χ3v) is 10.5. The fourth-order valence-corrected chi connectivity index (χ4v) is 7.75. The minimum atomic E-state index is 0.590. The Morgan fingerprint density at radius 1 is 0.304 bits per heavy atom. The molecule has 0 aliphatic heterocycles. The normalized spacial score (nSPS) is 11.2. The van der Waals surface area contributed by atoms with Crippen molar-refractivity contribution in [2.24, 2.45) is 0 Å². The van der Waals surface area contributed by atoms with E-state index >= 15 is 0 Å². The lowest BCUT2D eigenvalue weighted by Gasteiger charge is -2.15. The van der Waals surface area contributed by atoms with Gasteiger partial charge in [0.05, 0.1) is 11.6 Å². The zero-order chi connectivity index (χ0) is 37.4. The molecular weight excluding hydrogens is 681 g/mol. The smallest absolute Gasteiger partial charge is 0.164 e. The van der Waals surface area contributed by atoms with Crippen molar-refractivity contribution < 1.29 is 0 Å². The van der Waals surface area contributed by atoms with Crippen LogP contribution in [0.25, 0.3) is 99.9 Å². The van der Waals surface area contributed by atoms with Crippen LogP contribution in [0.15, 0.2) is 194 Å². The Morgan fingerprint density at radius 3 is 1.46 bits per heavy atom. The molecule has 56 heavy (non-hydrogen) atoms. The summed E-state index contributed by atoms with van der Waals surface area (Å²) in [5.41, 5.74) is 9.95.